The number of aliphatic carboxylic acids is 1. The molecule has 4 rings (SSSR count). The number of amides is 1. The highest BCUT2D eigenvalue weighted by Crippen LogP contribution is 2.29. The summed E-state index contributed by atoms with van der Waals surface area (Å²) >= 11 is 0. The minimum atomic E-state index is -1.41. The molecule has 0 unspecified atom stereocenters. The number of hydrogen-bond acceptors (Lipinski definition) is 6. The Labute approximate surface area is 172 Å². The van der Waals surface area contributed by atoms with Crippen molar-refractivity contribution in [2.45, 2.75) is 31.7 Å². The van der Waals surface area contributed by atoms with Gasteiger partial charge in [0.1, 0.15) is 11.3 Å². The lowest BCUT2D eigenvalue weighted by atomic mass is 9.91. The van der Waals surface area contributed by atoms with Gasteiger partial charge < -0.3 is 24.4 Å². The van der Waals surface area contributed by atoms with Gasteiger partial charge in [0.15, 0.2) is 6.61 Å². The number of fused-ring (bicyclic) bond motifs is 3. The van der Waals surface area contributed by atoms with Crippen LogP contribution in [-0.4, -0.2) is 18.5 Å². The summed E-state index contributed by atoms with van der Waals surface area (Å²) in [6.45, 7) is -0.392. The number of carboxylic acids is 1. The maximum absolute atomic E-state index is 12.2. The number of carbonyl (C=O) groups is 2. The molecular formula is C23H20NO6-. The molecule has 7 nitrogen and oxygen atoms in total. The first-order valence-electron chi connectivity index (χ1n) is 9.79. The first-order chi connectivity index (χ1) is 14.5. The Bertz CT molecular complexity index is 1150. The van der Waals surface area contributed by atoms with Crippen LogP contribution in [0.4, 0.5) is 0 Å². The molecule has 1 aliphatic carbocycles. The molecule has 3 aromatic rings. The molecule has 154 valence electrons. The van der Waals surface area contributed by atoms with Crippen molar-refractivity contribution in [1.82, 2.24) is 5.32 Å². The zero-order chi connectivity index (χ0) is 21.1. The van der Waals surface area contributed by atoms with E-state index in [0.717, 1.165) is 42.2 Å². The summed E-state index contributed by atoms with van der Waals surface area (Å²) in [7, 11) is 0. The van der Waals surface area contributed by atoms with E-state index in [2.05, 4.69) is 5.32 Å². The smallest absolute Gasteiger partial charge is 0.339 e. The maximum Gasteiger partial charge on any atom is 0.339 e. The summed E-state index contributed by atoms with van der Waals surface area (Å²) in [6, 6.07) is 12.1. The van der Waals surface area contributed by atoms with Crippen molar-refractivity contribution in [2.75, 3.05) is 6.61 Å². The van der Waals surface area contributed by atoms with Crippen LogP contribution < -0.4 is 20.8 Å². The predicted octanol–water partition coefficient (Wildman–Crippen LogP) is 1.66. The van der Waals surface area contributed by atoms with Crippen LogP contribution in [0.15, 0.2) is 57.7 Å². The number of benzene rings is 2. The van der Waals surface area contributed by atoms with Gasteiger partial charge in [-0.05, 0) is 48.9 Å². The Morgan fingerprint density at radius 1 is 1.07 bits per heavy atom. The van der Waals surface area contributed by atoms with E-state index in [-0.39, 0.29) is 5.63 Å². The van der Waals surface area contributed by atoms with E-state index in [4.69, 9.17) is 9.15 Å². The van der Waals surface area contributed by atoms with Gasteiger partial charge in [0, 0.05) is 17.0 Å². The summed E-state index contributed by atoms with van der Waals surface area (Å²) in [5, 5.41) is 14.7. The minimum Gasteiger partial charge on any atom is -0.548 e. The summed E-state index contributed by atoms with van der Waals surface area (Å²) in [6.07, 6.45) is 3.58. The second kappa shape index (κ2) is 8.41. The van der Waals surface area contributed by atoms with Crippen molar-refractivity contribution in [2.24, 2.45) is 0 Å². The van der Waals surface area contributed by atoms with Gasteiger partial charge in [-0.1, -0.05) is 30.3 Å². The Balaban J connectivity index is 1.47. The number of hydrogen-bond donors (Lipinski definition) is 1. The number of nitrogens with one attached hydrogen (secondary N) is 1. The van der Waals surface area contributed by atoms with E-state index in [1.54, 1.807) is 42.5 Å². The van der Waals surface area contributed by atoms with E-state index in [1.165, 1.54) is 0 Å². The fourth-order valence-corrected chi connectivity index (χ4v) is 3.79. The van der Waals surface area contributed by atoms with Crippen molar-refractivity contribution in [3.05, 3.63) is 75.6 Å². The van der Waals surface area contributed by atoms with Crippen LogP contribution in [0, 0.1) is 0 Å². The van der Waals surface area contributed by atoms with E-state index in [9.17, 15) is 19.5 Å². The molecule has 7 heteroatoms. The zero-order valence-corrected chi connectivity index (χ0v) is 16.2. The highest BCUT2D eigenvalue weighted by atomic mass is 16.5. The summed E-state index contributed by atoms with van der Waals surface area (Å²) in [5.74, 6) is -1.67. The molecular weight excluding hydrogens is 386 g/mol. The third-order valence-electron chi connectivity index (χ3n) is 5.24. The fourth-order valence-electron chi connectivity index (χ4n) is 3.79. The molecule has 0 saturated carbocycles. The van der Waals surface area contributed by atoms with Gasteiger partial charge in [-0.25, -0.2) is 4.79 Å². The molecule has 1 amide bonds. The average Bonchev–Trinajstić information content (AvgIpc) is 2.76. The normalized spacial score (nSPS) is 14.0. The quantitative estimate of drug-likeness (QED) is 0.624. The standard InChI is InChI=1S/C23H21NO6/c25-20(24-21(22(26)27)14-6-2-1-3-7-14)13-29-15-10-11-17-16-8-4-5-9-18(16)23(28)30-19(17)12-15/h1-3,6-7,10-12,21H,4-5,8-9,13H2,(H,24,25)(H,26,27)/p-1/t21-/m0/s1. The molecule has 1 N–H and O–H groups in total. The minimum absolute atomic E-state index is 0.327. The van der Waals surface area contributed by atoms with Crippen LogP contribution in [0.3, 0.4) is 0 Å². The molecule has 1 aromatic heterocycles. The zero-order valence-electron chi connectivity index (χ0n) is 16.2. The maximum atomic E-state index is 12.2. The van der Waals surface area contributed by atoms with Crippen LogP contribution in [0.2, 0.25) is 0 Å². The molecule has 0 saturated heterocycles. The highest BCUT2D eigenvalue weighted by Gasteiger charge is 2.19. The van der Waals surface area contributed by atoms with Gasteiger partial charge in [0.05, 0.1) is 12.0 Å². The van der Waals surface area contributed by atoms with Crippen LogP contribution >= 0.6 is 0 Å². The third kappa shape index (κ3) is 4.05. The molecule has 30 heavy (non-hydrogen) atoms. The lowest BCUT2D eigenvalue weighted by Crippen LogP contribution is -2.42. The number of carboxylic acid groups (broad SMARTS) is 1. The van der Waals surface area contributed by atoms with Gasteiger partial charge in [-0.3, -0.25) is 4.79 Å². The first kappa shape index (κ1) is 19.7. The van der Waals surface area contributed by atoms with Crippen molar-refractivity contribution in [3.8, 4) is 5.75 Å². The lowest BCUT2D eigenvalue weighted by Gasteiger charge is -2.20. The van der Waals surface area contributed by atoms with Gasteiger partial charge in [-0.2, -0.15) is 0 Å². The molecule has 1 atom stereocenters. The van der Waals surface area contributed by atoms with Crippen molar-refractivity contribution < 1.29 is 23.8 Å². The van der Waals surface area contributed by atoms with Crippen LogP contribution in [0.1, 0.15) is 35.6 Å². The van der Waals surface area contributed by atoms with E-state index >= 15 is 0 Å². The van der Waals surface area contributed by atoms with Crippen LogP contribution in [0.5, 0.6) is 5.75 Å². The molecule has 0 aliphatic heterocycles. The summed E-state index contributed by atoms with van der Waals surface area (Å²) in [5.41, 5.74) is 2.26. The highest BCUT2D eigenvalue weighted by molar-refractivity contribution is 5.85. The monoisotopic (exact) mass is 406 g/mol. The average molecular weight is 406 g/mol. The second-order valence-corrected chi connectivity index (χ2v) is 7.23. The molecule has 0 radical (unpaired) electrons. The Morgan fingerprint density at radius 2 is 1.80 bits per heavy atom. The van der Waals surface area contributed by atoms with E-state index in [0.29, 0.717) is 16.9 Å². The predicted molar refractivity (Wildman–Crippen MR) is 107 cm³/mol. The topological polar surface area (TPSA) is 109 Å². The molecule has 1 heterocycles. The van der Waals surface area contributed by atoms with Crippen LogP contribution in [-0.2, 0) is 22.4 Å². The Morgan fingerprint density at radius 3 is 2.53 bits per heavy atom. The Kier molecular flexibility index (Phi) is 5.52. The fraction of sp³-hybridized carbons (Fsp3) is 0.261. The largest absolute Gasteiger partial charge is 0.548 e. The first-order valence-corrected chi connectivity index (χ1v) is 9.79. The number of aryl methyl sites for hydroxylation is 1. The number of rotatable bonds is 6. The SMILES string of the molecule is O=C(COc1ccc2c3c(c(=O)oc2c1)CCCC3)N[C@H](C(=O)[O-])c1ccccc1. The molecule has 0 bridgehead atoms. The molecule has 0 fully saturated rings. The Hall–Kier alpha value is -3.61. The molecule has 2 aromatic carbocycles. The van der Waals surface area contributed by atoms with Crippen LogP contribution in [0.25, 0.3) is 11.0 Å². The summed E-state index contributed by atoms with van der Waals surface area (Å²) < 4.78 is 10.9. The molecule has 0 spiro atoms. The van der Waals surface area contributed by atoms with Crippen molar-refractivity contribution in [3.63, 3.8) is 0 Å². The van der Waals surface area contributed by atoms with E-state index in [1.807, 2.05) is 6.07 Å². The van der Waals surface area contributed by atoms with E-state index < -0.39 is 24.5 Å². The van der Waals surface area contributed by atoms with Gasteiger partial charge in [0.25, 0.3) is 5.91 Å². The van der Waals surface area contributed by atoms with Crippen molar-refractivity contribution in [1.29, 1.82) is 0 Å². The lowest BCUT2D eigenvalue weighted by molar-refractivity contribution is -0.308. The van der Waals surface area contributed by atoms with Crippen molar-refractivity contribution >= 4 is 22.8 Å². The summed E-state index contributed by atoms with van der Waals surface area (Å²) in [4.78, 5) is 35.9. The molecule has 1 aliphatic rings. The second-order valence-electron chi connectivity index (χ2n) is 7.23. The third-order valence-corrected chi connectivity index (χ3v) is 5.24. The number of carbonyl (C=O) groups excluding carboxylic acids is 2. The van der Waals surface area contributed by atoms with Gasteiger partial charge in [-0.15, -0.1) is 0 Å². The van der Waals surface area contributed by atoms with Gasteiger partial charge >= 0.3 is 5.63 Å². The van der Waals surface area contributed by atoms with Gasteiger partial charge in [0.2, 0.25) is 0 Å². The number of ether oxygens (including phenoxy) is 1.